The smallest absolute Gasteiger partial charge is 0.242 e. The Labute approximate surface area is 142 Å². The van der Waals surface area contributed by atoms with Gasteiger partial charge in [0.2, 0.25) is 17.7 Å². The van der Waals surface area contributed by atoms with E-state index >= 15 is 0 Å². The monoisotopic (exact) mass is 336 g/mol. The summed E-state index contributed by atoms with van der Waals surface area (Å²) in [7, 11) is 1.58. The standard InChI is InChI=1S/C17H28N4O3/c1-18-15(23)13-6-4-8-21(13)14(22)10-20-16(24)17-7-3-2-5-12(17)9-19-11-17/h12-13,19H,2-11H2,1H3,(H,18,23)(H,20,24)/t12-,13?,17+/m0/s1. The number of hydrogen-bond acceptors (Lipinski definition) is 4. The number of hydrogen-bond donors (Lipinski definition) is 3. The zero-order valence-corrected chi connectivity index (χ0v) is 14.4. The summed E-state index contributed by atoms with van der Waals surface area (Å²) in [5.74, 6) is 0.0928. The van der Waals surface area contributed by atoms with E-state index in [0.29, 0.717) is 25.4 Å². The van der Waals surface area contributed by atoms with Crippen molar-refractivity contribution in [2.45, 2.75) is 44.6 Å². The van der Waals surface area contributed by atoms with Crippen molar-refractivity contribution in [2.24, 2.45) is 11.3 Å². The molecule has 1 unspecified atom stereocenters. The largest absolute Gasteiger partial charge is 0.357 e. The van der Waals surface area contributed by atoms with Crippen LogP contribution in [0.5, 0.6) is 0 Å². The second-order valence-electron chi connectivity index (χ2n) is 7.27. The first kappa shape index (κ1) is 17.2. The first-order chi connectivity index (χ1) is 11.6. The van der Waals surface area contributed by atoms with Gasteiger partial charge in [0.15, 0.2) is 0 Å². The molecule has 3 amide bonds. The van der Waals surface area contributed by atoms with Crippen LogP contribution in [0.15, 0.2) is 0 Å². The third-order valence-corrected chi connectivity index (χ3v) is 6.01. The minimum atomic E-state index is -0.395. The summed E-state index contributed by atoms with van der Waals surface area (Å²) in [6.45, 7) is 2.18. The Morgan fingerprint density at radius 3 is 2.83 bits per heavy atom. The number of nitrogens with zero attached hydrogens (tertiary/aromatic N) is 1. The maximum atomic E-state index is 12.8. The van der Waals surface area contributed by atoms with E-state index in [0.717, 1.165) is 32.2 Å². The fourth-order valence-corrected chi connectivity index (χ4v) is 4.63. The summed E-state index contributed by atoms with van der Waals surface area (Å²) in [5.41, 5.74) is -0.344. The molecule has 7 nitrogen and oxygen atoms in total. The van der Waals surface area contributed by atoms with Gasteiger partial charge in [0.1, 0.15) is 6.04 Å². The molecule has 3 fully saturated rings. The second kappa shape index (κ2) is 7.09. The molecule has 3 aliphatic rings. The fraction of sp³-hybridized carbons (Fsp3) is 0.824. The third kappa shape index (κ3) is 3.01. The van der Waals surface area contributed by atoms with E-state index in [1.165, 1.54) is 6.42 Å². The van der Waals surface area contributed by atoms with Gasteiger partial charge in [-0.15, -0.1) is 0 Å². The maximum Gasteiger partial charge on any atom is 0.242 e. The highest BCUT2D eigenvalue weighted by molar-refractivity contribution is 5.92. The van der Waals surface area contributed by atoms with Crippen molar-refractivity contribution in [3.63, 3.8) is 0 Å². The molecule has 0 radical (unpaired) electrons. The summed E-state index contributed by atoms with van der Waals surface area (Å²) < 4.78 is 0. The zero-order valence-electron chi connectivity index (χ0n) is 14.4. The number of carbonyl (C=O) groups excluding carboxylic acids is 3. The van der Waals surface area contributed by atoms with E-state index in [9.17, 15) is 14.4 Å². The van der Waals surface area contributed by atoms with E-state index in [4.69, 9.17) is 0 Å². The van der Waals surface area contributed by atoms with E-state index < -0.39 is 6.04 Å². The van der Waals surface area contributed by atoms with Gasteiger partial charge < -0.3 is 20.9 Å². The average molecular weight is 336 g/mol. The molecule has 24 heavy (non-hydrogen) atoms. The number of fused-ring (bicyclic) bond motifs is 1. The topological polar surface area (TPSA) is 90.5 Å². The van der Waals surface area contributed by atoms with Crippen molar-refractivity contribution in [1.82, 2.24) is 20.9 Å². The Bertz CT molecular complexity index is 524. The van der Waals surface area contributed by atoms with Crippen LogP contribution in [0.25, 0.3) is 0 Å². The molecule has 0 spiro atoms. The lowest BCUT2D eigenvalue weighted by molar-refractivity contribution is -0.140. The maximum absolute atomic E-state index is 12.8. The summed E-state index contributed by atoms with van der Waals surface area (Å²) >= 11 is 0. The molecule has 3 atom stereocenters. The molecular formula is C17H28N4O3. The molecule has 0 aromatic carbocycles. The predicted octanol–water partition coefficient (Wildman–Crippen LogP) is -0.381. The van der Waals surface area contributed by atoms with Crippen LogP contribution in [-0.4, -0.2) is 61.9 Å². The summed E-state index contributed by atoms with van der Waals surface area (Å²) in [4.78, 5) is 38.7. The zero-order chi connectivity index (χ0) is 17.2. The first-order valence-corrected chi connectivity index (χ1v) is 9.08. The highest BCUT2D eigenvalue weighted by Crippen LogP contribution is 2.43. The van der Waals surface area contributed by atoms with Gasteiger partial charge in [-0.3, -0.25) is 14.4 Å². The molecule has 7 heteroatoms. The van der Waals surface area contributed by atoms with E-state index in [2.05, 4.69) is 16.0 Å². The number of likely N-dealkylation sites (N-methyl/N-ethyl adjacent to an activating group) is 1. The Morgan fingerprint density at radius 2 is 2.04 bits per heavy atom. The quantitative estimate of drug-likeness (QED) is 0.653. The van der Waals surface area contributed by atoms with Crippen molar-refractivity contribution in [2.75, 3.05) is 33.2 Å². The number of rotatable bonds is 4. The first-order valence-electron chi connectivity index (χ1n) is 9.08. The molecule has 0 aromatic rings. The van der Waals surface area contributed by atoms with Gasteiger partial charge in [0.05, 0.1) is 12.0 Å². The minimum absolute atomic E-state index is 0.00115. The summed E-state index contributed by atoms with van der Waals surface area (Å²) in [6.07, 6.45) is 5.75. The highest BCUT2D eigenvalue weighted by Gasteiger charge is 2.49. The third-order valence-electron chi connectivity index (χ3n) is 6.01. The van der Waals surface area contributed by atoms with Gasteiger partial charge in [0.25, 0.3) is 0 Å². The Morgan fingerprint density at radius 1 is 1.21 bits per heavy atom. The molecule has 1 aliphatic carbocycles. The fourth-order valence-electron chi connectivity index (χ4n) is 4.63. The lowest BCUT2D eigenvalue weighted by atomic mass is 9.67. The van der Waals surface area contributed by atoms with E-state index in [1.807, 2.05) is 0 Å². The molecule has 0 aromatic heterocycles. The Kier molecular flexibility index (Phi) is 5.08. The van der Waals surface area contributed by atoms with Crippen LogP contribution in [-0.2, 0) is 14.4 Å². The van der Waals surface area contributed by atoms with Crippen molar-refractivity contribution in [3.05, 3.63) is 0 Å². The second-order valence-corrected chi connectivity index (χ2v) is 7.27. The Balaban J connectivity index is 1.58. The average Bonchev–Trinajstić information content (AvgIpc) is 3.25. The molecule has 2 aliphatic heterocycles. The van der Waals surface area contributed by atoms with Crippen LogP contribution in [0, 0.1) is 11.3 Å². The molecule has 2 heterocycles. The lowest BCUT2D eigenvalue weighted by Crippen LogP contribution is -2.52. The normalized spacial score (nSPS) is 32.3. The van der Waals surface area contributed by atoms with Crippen molar-refractivity contribution in [3.8, 4) is 0 Å². The number of likely N-dealkylation sites (tertiary alicyclic amines) is 1. The van der Waals surface area contributed by atoms with Gasteiger partial charge in [-0.1, -0.05) is 12.8 Å². The van der Waals surface area contributed by atoms with Crippen molar-refractivity contribution in [1.29, 1.82) is 0 Å². The molecule has 3 rings (SSSR count). The number of amides is 3. The van der Waals surface area contributed by atoms with Gasteiger partial charge in [-0.05, 0) is 38.1 Å². The molecule has 2 saturated heterocycles. The van der Waals surface area contributed by atoms with Gasteiger partial charge in [-0.25, -0.2) is 0 Å². The van der Waals surface area contributed by atoms with Crippen LogP contribution in [0.3, 0.4) is 0 Å². The van der Waals surface area contributed by atoms with Crippen LogP contribution in [0.1, 0.15) is 38.5 Å². The summed E-state index contributed by atoms with van der Waals surface area (Å²) in [5, 5.41) is 8.83. The molecule has 3 N–H and O–H groups in total. The summed E-state index contributed by atoms with van der Waals surface area (Å²) in [6, 6.07) is -0.395. The molecular weight excluding hydrogens is 308 g/mol. The highest BCUT2D eigenvalue weighted by atomic mass is 16.2. The number of carbonyl (C=O) groups is 3. The SMILES string of the molecule is CNC(=O)C1CCCN1C(=O)CNC(=O)[C@@]12CCCC[C@H]1CNC2. The number of nitrogens with one attached hydrogen (secondary N) is 3. The van der Waals surface area contributed by atoms with E-state index in [1.54, 1.807) is 11.9 Å². The van der Waals surface area contributed by atoms with Gasteiger partial charge in [0, 0.05) is 20.1 Å². The van der Waals surface area contributed by atoms with E-state index in [-0.39, 0.29) is 29.7 Å². The molecule has 134 valence electrons. The molecule has 1 saturated carbocycles. The lowest BCUT2D eigenvalue weighted by Gasteiger charge is -2.37. The van der Waals surface area contributed by atoms with Gasteiger partial charge in [-0.2, -0.15) is 0 Å². The van der Waals surface area contributed by atoms with Crippen molar-refractivity contribution >= 4 is 17.7 Å². The van der Waals surface area contributed by atoms with Gasteiger partial charge >= 0.3 is 0 Å². The van der Waals surface area contributed by atoms with Crippen LogP contribution in [0.2, 0.25) is 0 Å². The minimum Gasteiger partial charge on any atom is -0.357 e. The predicted molar refractivity (Wildman–Crippen MR) is 89.1 cm³/mol. The van der Waals surface area contributed by atoms with Crippen LogP contribution >= 0.6 is 0 Å². The van der Waals surface area contributed by atoms with Crippen molar-refractivity contribution < 1.29 is 14.4 Å². The van der Waals surface area contributed by atoms with Crippen LogP contribution in [0.4, 0.5) is 0 Å². The molecule has 0 bridgehead atoms. The van der Waals surface area contributed by atoms with Crippen LogP contribution < -0.4 is 16.0 Å². The Hall–Kier alpha value is -1.63.